The van der Waals surface area contributed by atoms with E-state index in [1.165, 1.54) is 18.5 Å². The van der Waals surface area contributed by atoms with Gasteiger partial charge in [-0.15, -0.1) is 0 Å². The van der Waals surface area contributed by atoms with Gasteiger partial charge in [0, 0.05) is 10.0 Å². The van der Waals surface area contributed by atoms with Crippen LogP contribution < -0.4 is 5.32 Å². The fraction of sp³-hybridized carbons (Fsp3) is 0.231. The largest absolute Gasteiger partial charge is 0.339 e. The second-order valence-electron chi connectivity index (χ2n) is 4.33. The molecule has 6 heteroatoms. The molecule has 2 rings (SSSR count). The third kappa shape index (κ3) is 3.22. The molecule has 3 nitrogen and oxygen atoms in total. The maximum absolute atomic E-state index is 13.1. The van der Waals surface area contributed by atoms with Crippen LogP contribution in [0.3, 0.4) is 0 Å². The Morgan fingerprint density at radius 3 is 2.68 bits per heavy atom. The fourth-order valence-corrected chi connectivity index (χ4v) is 2.51. The average molecular weight is 345 g/mol. The molecule has 0 unspecified atom stereocenters. The number of anilines is 2. The fourth-order valence-electron chi connectivity index (χ4n) is 1.70. The van der Waals surface area contributed by atoms with Crippen molar-refractivity contribution in [1.82, 2.24) is 9.97 Å². The predicted octanol–water partition coefficient (Wildman–Crippen LogP) is 4.90. The number of hydrogen-bond acceptors (Lipinski definition) is 3. The van der Waals surface area contributed by atoms with Crippen LogP contribution in [0, 0.1) is 5.82 Å². The summed E-state index contributed by atoms with van der Waals surface area (Å²) in [5.41, 5.74) is 1.55. The highest BCUT2D eigenvalue weighted by Crippen LogP contribution is 2.32. The molecule has 0 saturated carbocycles. The summed E-state index contributed by atoms with van der Waals surface area (Å²) in [6.45, 7) is 4.02. The Balaban J connectivity index is 2.41. The SMILES string of the molecule is CC(C)c1c(Cl)ncnc1Nc1ccc(F)cc1Br. The van der Waals surface area contributed by atoms with Crippen molar-refractivity contribution in [3.8, 4) is 0 Å². The summed E-state index contributed by atoms with van der Waals surface area (Å²) in [4.78, 5) is 8.18. The highest BCUT2D eigenvalue weighted by atomic mass is 79.9. The Kier molecular flexibility index (Phi) is 4.37. The summed E-state index contributed by atoms with van der Waals surface area (Å²) in [5, 5.41) is 3.56. The first kappa shape index (κ1) is 14.2. The monoisotopic (exact) mass is 343 g/mol. The minimum Gasteiger partial charge on any atom is -0.339 e. The lowest BCUT2D eigenvalue weighted by Gasteiger charge is -2.15. The summed E-state index contributed by atoms with van der Waals surface area (Å²) in [7, 11) is 0. The normalized spacial score (nSPS) is 10.8. The molecule has 0 aliphatic rings. The molecule has 0 aliphatic carbocycles. The lowest BCUT2D eigenvalue weighted by Crippen LogP contribution is -2.03. The van der Waals surface area contributed by atoms with Crippen LogP contribution in [0.4, 0.5) is 15.9 Å². The van der Waals surface area contributed by atoms with Gasteiger partial charge >= 0.3 is 0 Å². The first-order valence-corrected chi connectivity index (χ1v) is 6.88. The molecule has 0 amide bonds. The topological polar surface area (TPSA) is 37.8 Å². The molecule has 1 aromatic carbocycles. The number of benzene rings is 1. The zero-order valence-corrected chi connectivity index (χ0v) is 12.8. The molecule has 0 radical (unpaired) electrons. The summed E-state index contributed by atoms with van der Waals surface area (Å²) < 4.78 is 13.7. The molecule has 1 N–H and O–H groups in total. The quantitative estimate of drug-likeness (QED) is 0.805. The van der Waals surface area contributed by atoms with Gasteiger partial charge < -0.3 is 5.32 Å². The van der Waals surface area contributed by atoms with E-state index >= 15 is 0 Å². The van der Waals surface area contributed by atoms with Crippen molar-refractivity contribution in [2.45, 2.75) is 19.8 Å². The summed E-state index contributed by atoms with van der Waals surface area (Å²) in [6, 6.07) is 4.41. The van der Waals surface area contributed by atoms with Gasteiger partial charge in [-0.1, -0.05) is 25.4 Å². The number of rotatable bonds is 3. The van der Waals surface area contributed by atoms with Gasteiger partial charge in [0.1, 0.15) is 23.1 Å². The molecule has 0 fully saturated rings. The van der Waals surface area contributed by atoms with E-state index in [9.17, 15) is 4.39 Å². The van der Waals surface area contributed by atoms with Gasteiger partial charge in [-0.25, -0.2) is 14.4 Å². The predicted molar refractivity (Wildman–Crippen MR) is 78.5 cm³/mol. The Morgan fingerprint density at radius 1 is 1.32 bits per heavy atom. The number of nitrogens with zero attached hydrogens (tertiary/aromatic N) is 2. The van der Waals surface area contributed by atoms with E-state index in [1.807, 2.05) is 13.8 Å². The van der Waals surface area contributed by atoms with E-state index in [0.29, 0.717) is 15.4 Å². The third-order valence-electron chi connectivity index (χ3n) is 2.60. The molecule has 0 atom stereocenters. The maximum atomic E-state index is 13.1. The van der Waals surface area contributed by atoms with Crippen molar-refractivity contribution in [2.75, 3.05) is 5.32 Å². The second-order valence-corrected chi connectivity index (χ2v) is 5.54. The van der Waals surface area contributed by atoms with Gasteiger partial charge in [-0.3, -0.25) is 0 Å². The van der Waals surface area contributed by atoms with Crippen LogP contribution in [0.5, 0.6) is 0 Å². The molecule has 0 saturated heterocycles. The molecule has 0 aliphatic heterocycles. The van der Waals surface area contributed by atoms with Crippen molar-refractivity contribution in [2.24, 2.45) is 0 Å². The smallest absolute Gasteiger partial charge is 0.138 e. The summed E-state index contributed by atoms with van der Waals surface area (Å²) >= 11 is 9.40. The van der Waals surface area contributed by atoms with Gasteiger partial charge in [0.2, 0.25) is 0 Å². The third-order valence-corrected chi connectivity index (χ3v) is 3.55. The van der Waals surface area contributed by atoms with Crippen LogP contribution in [0.15, 0.2) is 29.0 Å². The van der Waals surface area contributed by atoms with Crippen LogP contribution >= 0.6 is 27.5 Å². The van der Waals surface area contributed by atoms with E-state index < -0.39 is 0 Å². The molecule has 0 bridgehead atoms. The van der Waals surface area contributed by atoms with Crippen molar-refractivity contribution >= 4 is 39.0 Å². The molecular weight excluding hydrogens is 333 g/mol. The van der Waals surface area contributed by atoms with Crippen molar-refractivity contribution in [3.63, 3.8) is 0 Å². The van der Waals surface area contributed by atoms with Crippen LogP contribution in [0.1, 0.15) is 25.3 Å². The molecule has 1 aromatic heterocycles. The summed E-state index contributed by atoms with van der Waals surface area (Å²) in [5.74, 6) is 0.500. The number of halogens is 3. The minimum atomic E-state index is -0.303. The van der Waals surface area contributed by atoms with E-state index in [1.54, 1.807) is 6.07 Å². The van der Waals surface area contributed by atoms with Gasteiger partial charge in [0.15, 0.2) is 0 Å². The van der Waals surface area contributed by atoms with Gasteiger partial charge in [-0.2, -0.15) is 0 Å². The molecular formula is C13H12BrClFN3. The van der Waals surface area contributed by atoms with E-state index in [4.69, 9.17) is 11.6 Å². The van der Waals surface area contributed by atoms with Crippen molar-refractivity contribution in [1.29, 1.82) is 0 Å². The van der Waals surface area contributed by atoms with Gasteiger partial charge in [-0.05, 0) is 40.0 Å². The standard InChI is InChI=1S/C13H12BrClFN3/c1-7(2)11-12(15)17-6-18-13(11)19-10-4-3-8(16)5-9(10)14/h3-7H,1-2H3,(H,17,18,19). The molecule has 2 aromatic rings. The van der Waals surface area contributed by atoms with E-state index in [-0.39, 0.29) is 11.7 Å². The molecule has 100 valence electrons. The zero-order chi connectivity index (χ0) is 14.0. The maximum Gasteiger partial charge on any atom is 0.138 e. The molecule has 0 spiro atoms. The van der Waals surface area contributed by atoms with E-state index in [0.717, 1.165) is 11.3 Å². The van der Waals surface area contributed by atoms with Crippen LogP contribution in [0.25, 0.3) is 0 Å². The molecule has 1 heterocycles. The first-order chi connectivity index (χ1) is 8.99. The highest BCUT2D eigenvalue weighted by molar-refractivity contribution is 9.10. The number of hydrogen-bond donors (Lipinski definition) is 1. The lowest BCUT2D eigenvalue weighted by atomic mass is 10.1. The first-order valence-electron chi connectivity index (χ1n) is 5.71. The molecule has 19 heavy (non-hydrogen) atoms. The van der Waals surface area contributed by atoms with Crippen molar-refractivity contribution < 1.29 is 4.39 Å². The van der Waals surface area contributed by atoms with Crippen LogP contribution in [-0.4, -0.2) is 9.97 Å². The van der Waals surface area contributed by atoms with Crippen LogP contribution in [-0.2, 0) is 0 Å². The Hall–Kier alpha value is -1.20. The average Bonchev–Trinajstić information content (AvgIpc) is 2.32. The Labute approximate surface area is 124 Å². The van der Waals surface area contributed by atoms with Gasteiger partial charge in [0.05, 0.1) is 5.69 Å². The highest BCUT2D eigenvalue weighted by Gasteiger charge is 2.14. The number of aromatic nitrogens is 2. The lowest BCUT2D eigenvalue weighted by molar-refractivity contribution is 0.627. The van der Waals surface area contributed by atoms with Gasteiger partial charge in [0.25, 0.3) is 0 Å². The van der Waals surface area contributed by atoms with E-state index in [2.05, 4.69) is 31.2 Å². The Bertz CT molecular complexity index is 604. The van der Waals surface area contributed by atoms with Crippen molar-refractivity contribution in [3.05, 3.63) is 45.5 Å². The number of nitrogens with one attached hydrogen (secondary N) is 1. The zero-order valence-electron chi connectivity index (χ0n) is 10.4. The Morgan fingerprint density at radius 2 is 2.05 bits per heavy atom. The van der Waals surface area contributed by atoms with Crippen LogP contribution in [0.2, 0.25) is 5.15 Å². The minimum absolute atomic E-state index is 0.176. The second kappa shape index (κ2) is 5.84. The summed E-state index contributed by atoms with van der Waals surface area (Å²) in [6.07, 6.45) is 1.40.